The van der Waals surface area contributed by atoms with Crippen molar-refractivity contribution in [1.82, 2.24) is 24.2 Å². The summed E-state index contributed by atoms with van der Waals surface area (Å²) in [5.74, 6) is -1.22. The molecule has 0 radical (unpaired) electrons. The molecule has 1 atom stereocenters. The lowest BCUT2D eigenvalue weighted by molar-refractivity contribution is -0.131. The van der Waals surface area contributed by atoms with Gasteiger partial charge >= 0.3 is 0 Å². The van der Waals surface area contributed by atoms with Gasteiger partial charge in [0, 0.05) is 73.6 Å². The highest BCUT2D eigenvalue weighted by atomic mass is 32.1. The van der Waals surface area contributed by atoms with Crippen molar-refractivity contribution < 1.29 is 23.1 Å². The number of imidazole rings is 1. The summed E-state index contributed by atoms with van der Waals surface area (Å²) in [6, 6.07) is 11.1. The Morgan fingerprint density at radius 3 is 2.45 bits per heavy atom. The first kappa shape index (κ1) is 31.3. The molecule has 2 saturated heterocycles. The highest BCUT2D eigenvalue weighted by Crippen LogP contribution is 2.37. The summed E-state index contributed by atoms with van der Waals surface area (Å²) in [5, 5.41) is 12.3. The Labute approximate surface area is 274 Å². The highest BCUT2D eigenvalue weighted by Gasteiger charge is 2.28. The second kappa shape index (κ2) is 12.7. The number of aliphatic hydroxyl groups excluding tert-OH is 1. The number of anilines is 1. The topological polar surface area (TPSA) is 77.2 Å². The van der Waals surface area contributed by atoms with Gasteiger partial charge in [-0.25, -0.2) is 23.1 Å². The Morgan fingerprint density at radius 1 is 1.00 bits per heavy atom. The molecule has 7 rings (SSSR count). The third-order valence-electron chi connectivity index (χ3n) is 9.20. The van der Waals surface area contributed by atoms with Gasteiger partial charge in [0.1, 0.15) is 16.6 Å². The lowest BCUT2D eigenvalue weighted by Crippen LogP contribution is -2.50. The molecule has 0 bridgehead atoms. The molecule has 0 unspecified atom stereocenters. The van der Waals surface area contributed by atoms with E-state index < -0.39 is 17.7 Å². The predicted molar refractivity (Wildman–Crippen MR) is 177 cm³/mol. The molecule has 0 spiro atoms. The lowest BCUT2D eigenvalue weighted by atomic mass is 10.0. The van der Waals surface area contributed by atoms with Crippen molar-refractivity contribution in [3.05, 3.63) is 82.8 Å². The summed E-state index contributed by atoms with van der Waals surface area (Å²) in [6.07, 6.45) is 2.48. The number of likely N-dealkylation sites (tertiary alicyclic amines) is 1. The van der Waals surface area contributed by atoms with Crippen molar-refractivity contribution in [3.8, 4) is 33.1 Å². The van der Waals surface area contributed by atoms with E-state index in [1.165, 1.54) is 29.5 Å². The quantitative estimate of drug-likeness (QED) is 0.238. The van der Waals surface area contributed by atoms with E-state index in [0.717, 1.165) is 5.56 Å². The van der Waals surface area contributed by atoms with Crippen LogP contribution in [0.15, 0.2) is 54.0 Å². The van der Waals surface area contributed by atoms with Crippen LogP contribution in [0.2, 0.25) is 0 Å². The van der Waals surface area contributed by atoms with Gasteiger partial charge in [0.2, 0.25) is 5.91 Å². The average molecular weight is 661 g/mol. The maximum atomic E-state index is 16.3. The van der Waals surface area contributed by atoms with Gasteiger partial charge in [-0.1, -0.05) is 13.0 Å². The second-order valence-corrected chi connectivity index (χ2v) is 13.0. The molecule has 3 aromatic heterocycles. The van der Waals surface area contributed by atoms with Gasteiger partial charge in [-0.3, -0.25) is 14.1 Å². The maximum absolute atomic E-state index is 16.3. The van der Waals surface area contributed by atoms with Crippen molar-refractivity contribution in [1.29, 1.82) is 0 Å². The molecule has 2 aromatic carbocycles. The summed E-state index contributed by atoms with van der Waals surface area (Å²) in [7, 11) is 0. The number of fused-ring (bicyclic) bond motifs is 1. The van der Waals surface area contributed by atoms with Crippen LogP contribution in [0.1, 0.15) is 24.6 Å². The van der Waals surface area contributed by atoms with Gasteiger partial charge in [-0.15, -0.1) is 11.3 Å². The fourth-order valence-corrected chi connectivity index (χ4v) is 7.43. The fraction of sp³-hybridized carbons (Fsp3) is 0.343. The molecular formula is C35H35F3N6O2S. The molecule has 1 N–H and O–H groups in total. The Balaban J connectivity index is 1.15. The van der Waals surface area contributed by atoms with Crippen LogP contribution < -0.4 is 4.90 Å². The number of aryl methyl sites for hydroxylation is 1. The highest BCUT2D eigenvalue weighted by molar-refractivity contribution is 7.13. The lowest BCUT2D eigenvalue weighted by Gasteiger charge is -2.36. The van der Waals surface area contributed by atoms with Gasteiger partial charge < -0.3 is 14.9 Å². The van der Waals surface area contributed by atoms with Crippen LogP contribution in [0.3, 0.4) is 0 Å². The monoisotopic (exact) mass is 660 g/mol. The number of aromatic nitrogens is 3. The Morgan fingerprint density at radius 2 is 1.74 bits per heavy atom. The van der Waals surface area contributed by atoms with E-state index in [1.807, 2.05) is 24.6 Å². The van der Waals surface area contributed by atoms with Gasteiger partial charge in [0.15, 0.2) is 11.5 Å². The first-order chi connectivity index (χ1) is 22.7. The number of thiazole rings is 1. The standard InChI is InChI=1S/C35H35F3N6O2S/c1-3-29-33(27-9-8-26(21(2)32(27)38)35-40-30(20-47-35)22-4-6-23(36)7-5-22)44-17-24(16-28(37)34(44)39-29)42-14-12-41(13-15-42)19-31(46)43-11-10-25(45)18-43/h4-9,16-17,20,25,45H,3,10-15,18-19H2,1-2H3/t25-/m1/s1. The summed E-state index contributed by atoms with van der Waals surface area (Å²) < 4.78 is 47.0. The van der Waals surface area contributed by atoms with Crippen LogP contribution in [0, 0.1) is 24.4 Å². The van der Waals surface area contributed by atoms with Crippen LogP contribution >= 0.6 is 11.3 Å². The minimum atomic E-state index is -0.487. The number of carbonyl (C=O) groups excluding carboxylic acids is 1. The number of piperazine rings is 1. The van der Waals surface area contributed by atoms with Crippen LogP contribution in [0.4, 0.5) is 18.9 Å². The predicted octanol–water partition coefficient (Wildman–Crippen LogP) is 5.80. The van der Waals surface area contributed by atoms with Crippen molar-refractivity contribution in [2.75, 3.05) is 50.7 Å². The van der Waals surface area contributed by atoms with E-state index in [9.17, 15) is 14.3 Å². The average Bonchev–Trinajstić information content (AvgIpc) is 3.82. The number of pyridine rings is 1. The number of hydrogen-bond donors (Lipinski definition) is 1. The van der Waals surface area contributed by atoms with Crippen molar-refractivity contribution in [2.24, 2.45) is 0 Å². The van der Waals surface area contributed by atoms with Crippen LogP contribution in [-0.2, 0) is 11.2 Å². The zero-order chi connectivity index (χ0) is 32.8. The fourth-order valence-electron chi connectivity index (χ4n) is 6.52. The van der Waals surface area contributed by atoms with Crippen molar-refractivity contribution in [2.45, 2.75) is 32.8 Å². The molecule has 2 aliphatic heterocycles. The summed E-state index contributed by atoms with van der Waals surface area (Å²) in [5.41, 5.74) is 4.78. The normalized spacial score (nSPS) is 17.3. The smallest absolute Gasteiger partial charge is 0.236 e. The molecule has 244 valence electrons. The van der Waals surface area contributed by atoms with Crippen LogP contribution in [0.5, 0.6) is 0 Å². The number of benzene rings is 2. The van der Waals surface area contributed by atoms with Gasteiger partial charge in [0.05, 0.1) is 35.4 Å². The van der Waals surface area contributed by atoms with Crippen molar-refractivity contribution >= 4 is 28.6 Å². The molecule has 8 nitrogen and oxygen atoms in total. The Kier molecular flexibility index (Phi) is 8.50. The number of amides is 1. The first-order valence-corrected chi connectivity index (χ1v) is 16.7. The molecule has 2 fully saturated rings. The Bertz CT molecular complexity index is 1950. The SMILES string of the molecule is CCc1nc2c(F)cc(N3CCN(CC(=O)N4CC[C@@H](O)C4)CC3)cn2c1-c1ccc(-c2nc(-c3ccc(F)cc3)cs2)c(C)c1F. The summed E-state index contributed by atoms with van der Waals surface area (Å²) >= 11 is 1.39. The minimum Gasteiger partial charge on any atom is -0.391 e. The molecule has 0 saturated carbocycles. The third-order valence-corrected chi connectivity index (χ3v) is 10.1. The van der Waals surface area contributed by atoms with Gasteiger partial charge in [-0.2, -0.15) is 0 Å². The Hall–Kier alpha value is -4.26. The molecule has 0 aliphatic carbocycles. The molecule has 12 heteroatoms. The van der Waals surface area contributed by atoms with Gasteiger partial charge in [-0.05, 0) is 55.7 Å². The minimum absolute atomic E-state index is 0.0177. The largest absolute Gasteiger partial charge is 0.391 e. The van der Waals surface area contributed by atoms with E-state index in [2.05, 4.69) is 14.8 Å². The first-order valence-electron chi connectivity index (χ1n) is 15.8. The number of β-amino-alcohol motifs (C(OH)–C–C–N with tert-alkyl or cyclic N) is 1. The molecule has 2 aliphatic rings. The molecular weight excluding hydrogens is 625 g/mol. The number of carbonyl (C=O) groups is 1. The summed E-state index contributed by atoms with van der Waals surface area (Å²) in [4.78, 5) is 27.8. The van der Waals surface area contributed by atoms with Crippen LogP contribution in [-0.4, -0.2) is 87.1 Å². The zero-order valence-electron chi connectivity index (χ0n) is 26.2. The molecule has 5 heterocycles. The summed E-state index contributed by atoms with van der Waals surface area (Å²) in [6.45, 7) is 7.35. The number of hydrogen-bond acceptors (Lipinski definition) is 7. The third kappa shape index (κ3) is 6.01. The van der Waals surface area contributed by atoms with E-state index in [-0.39, 0.29) is 17.4 Å². The van der Waals surface area contributed by atoms with E-state index in [0.29, 0.717) is 103 Å². The molecule has 1 amide bonds. The molecule has 47 heavy (non-hydrogen) atoms. The second-order valence-electron chi connectivity index (χ2n) is 12.2. The van der Waals surface area contributed by atoms with E-state index in [1.54, 1.807) is 34.4 Å². The number of halogens is 3. The maximum Gasteiger partial charge on any atom is 0.236 e. The zero-order valence-corrected chi connectivity index (χ0v) is 27.0. The van der Waals surface area contributed by atoms with E-state index in [4.69, 9.17) is 4.98 Å². The van der Waals surface area contributed by atoms with Gasteiger partial charge in [0.25, 0.3) is 0 Å². The number of aliphatic hydroxyl groups is 1. The number of nitrogens with zero attached hydrogens (tertiary/aromatic N) is 6. The number of rotatable bonds is 7. The van der Waals surface area contributed by atoms with E-state index >= 15 is 8.78 Å². The molecule has 5 aromatic rings. The van der Waals surface area contributed by atoms with Crippen molar-refractivity contribution in [3.63, 3.8) is 0 Å². The van der Waals surface area contributed by atoms with Crippen LogP contribution in [0.25, 0.3) is 38.7 Å².